The van der Waals surface area contributed by atoms with Crippen molar-refractivity contribution in [2.45, 2.75) is 56.8 Å². The van der Waals surface area contributed by atoms with Crippen LogP contribution in [0.5, 0.6) is 5.75 Å². The molecule has 10 heteroatoms. The highest BCUT2D eigenvalue weighted by molar-refractivity contribution is 5.94. The molecule has 4 atom stereocenters. The number of hydrogen-bond donors (Lipinski definition) is 5. The van der Waals surface area contributed by atoms with Gasteiger partial charge < -0.3 is 31.5 Å². The number of nitrogens with one attached hydrogen (secondary N) is 2. The third kappa shape index (κ3) is 7.05. The predicted octanol–water partition coefficient (Wildman–Crippen LogP) is 0.570. The molecule has 1 aliphatic rings. The minimum Gasteiger partial charge on any atom is -0.508 e. The summed E-state index contributed by atoms with van der Waals surface area (Å²) >= 11 is 0. The molecule has 0 saturated carbocycles. The van der Waals surface area contributed by atoms with E-state index in [1.54, 1.807) is 43.3 Å². The van der Waals surface area contributed by atoms with E-state index in [4.69, 9.17) is 5.73 Å². The molecule has 192 valence electrons. The number of nitrogens with two attached hydrogens (primary N) is 1. The van der Waals surface area contributed by atoms with Gasteiger partial charge in [0.2, 0.25) is 17.7 Å². The van der Waals surface area contributed by atoms with Crippen molar-refractivity contribution in [3.8, 4) is 5.75 Å². The number of rotatable bonds is 10. The van der Waals surface area contributed by atoms with Crippen molar-refractivity contribution in [2.75, 3.05) is 6.54 Å². The number of carbonyl (C=O) groups excluding carboxylic acids is 3. The summed E-state index contributed by atoms with van der Waals surface area (Å²) in [4.78, 5) is 52.2. The first-order valence-corrected chi connectivity index (χ1v) is 11.9. The first kappa shape index (κ1) is 26.7. The zero-order valence-electron chi connectivity index (χ0n) is 20.1. The second-order valence-electron chi connectivity index (χ2n) is 9.00. The number of phenols is 1. The van der Waals surface area contributed by atoms with E-state index < -0.39 is 42.0 Å². The quantitative estimate of drug-likeness (QED) is 0.321. The molecule has 3 amide bonds. The van der Waals surface area contributed by atoms with Gasteiger partial charge >= 0.3 is 5.97 Å². The summed E-state index contributed by atoms with van der Waals surface area (Å²) in [6.45, 7) is 1.95. The Kier molecular flexibility index (Phi) is 9.02. The molecule has 1 fully saturated rings. The van der Waals surface area contributed by atoms with Gasteiger partial charge in [-0.15, -0.1) is 0 Å². The van der Waals surface area contributed by atoms with Gasteiger partial charge in [-0.2, -0.15) is 0 Å². The van der Waals surface area contributed by atoms with Crippen LogP contribution in [0.3, 0.4) is 0 Å². The number of amides is 3. The molecule has 6 N–H and O–H groups in total. The Balaban J connectivity index is 1.78. The van der Waals surface area contributed by atoms with Gasteiger partial charge in [-0.25, -0.2) is 4.79 Å². The van der Waals surface area contributed by atoms with Crippen molar-refractivity contribution in [3.63, 3.8) is 0 Å². The molecule has 4 unspecified atom stereocenters. The number of phenolic OH excluding ortho intramolecular Hbond substituents is 1. The highest BCUT2D eigenvalue weighted by Crippen LogP contribution is 2.19. The van der Waals surface area contributed by atoms with Crippen LogP contribution in [-0.2, 0) is 32.0 Å². The van der Waals surface area contributed by atoms with Crippen LogP contribution in [0.1, 0.15) is 30.9 Å². The average Bonchev–Trinajstić information content (AvgIpc) is 3.34. The minimum atomic E-state index is -1.21. The van der Waals surface area contributed by atoms with Crippen molar-refractivity contribution in [3.05, 3.63) is 65.7 Å². The van der Waals surface area contributed by atoms with Crippen molar-refractivity contribution >= 4 is 23.7 Å². The van der Waals surface area contributed by atoms with Crippen molar-refractivity contribution in [1.82, 2.24) is 15.5 Å². The fourth-order valence-corrected chi connectivity index (χ4v) is 4.23. The standard InChI is InChI=1S/C26H32N4O6/c1-16(27)25(34)30-13-5-8-22(30)24(33)28-20(14-18-9-11-19(31)12-10-18)23(32)29-21(26(35)36)15-17-6-3-2-4-7-17/h2-4,6-7,9-12,16,20-22,31H,5,8,13-15,27H2,1H3,(H,28,33)(H,29,32)(H,35,36). The normalized spacial score (nSPS) is 17.6. The zero-order valence-corrected chi connectivity index (χ0v) is 20.1. The van der Waals surface area contributed by atoms with E-state index >= 15 is 0 Å². The van der Waals surface area contributed by atoms with Crippen LogP contribution in [0, 0.1) is 0 Å². The minimum absolute atomic E-state index is 0.0496. The smallest absolute Gasteiger partial charge is 0.326 e. The highest BCUT2D eigenvalue weighted by Gasteiger charge is 2.37. The third-order valence-electron chi connectivity index (χ3n) is 6.13. The summed E-state index contributed by atoms with van der Waals surface area (Å²) in [6, 6.07) is 11.2. The lowest BCUT2D eigenvalue weighted by molar-refractivity contribution is -0.143. The average molecular weight is 497 g/mol. The van der Waals surface area contributed by atoms with E-state index in [-0.39, 0.29) is 24.5 Å². The summed E-state index contributed by atoms with van der Waals surface area (Å²) in [5.41, 5.74) is 7.11. The molecule has 0 bridgehead atoms. The first-order chi connectivity index (χ1) is 17.2. The van der Waals surface area contributed by atoms with Gasteiger partial charge in [0.15, 0.2) is 0 Å². The Morgan fingerprint density at radius 1 is 0.972 bits per heavy atom. The van der Waals surface area contributed by atoms with Gasteiger partial charge in [-0.05, 0) is 43.0 Å². The molecular formula is C26H32N4O6. The molecule has 0 aliphatic carbocycles. The summed E-state index contributed by atoms with van der Waals surface area (Å²) in [5, 5.41) is 24.5. The molecule has 0 aromatic heterocycles. The highest BCUT2D eigenvalue weighted by atomic mass is 16.4. The fourth-order valence-electron chi connectivity index (χ4n) is 4.23. The molecule has 1 heterocycles. The molecule has 1 saturated heterocycles. The van der Waals surface area contributed by atoms with Crippen molar-refractivity contribution < 1.29 is 29.4 Å². The molecule has 2 aromatic rings. The number of carbonyl (C=O) groups is 4. The van der Waals surface area contributed by atoms with E-state index in [9.17, 15) is 29.4 Å². The Morgan fingerprint density at radius 3 is 2.19 bits per heavy atom. The van der Waals surface area contributed by atoms with Crippen LogP contribution in [0.2, 0.25) is 0 Å². The monoisotopic (exact) mass is 496 g/mol. The van der Waals surface area contributed by atoms with Crippen LogP contribution in [0.15, 0.2) is 54.6 Å². The SMILES string of the molecule is CC(N)C(=O)N1CCCC1C(=O)NC(Cc1ccc(O)cc1)C(=O)NC(Cc1ccccc1)C(=O)O. The van der Waals surface area contributed by atoms with Gasteiger partial charge in [0.1, 0.15) is 23.9 Å². The van der Waals surface area contributed by atoms with Gasteiger partial charge in [-0.1, -0.05) is 42.5 Å². The Labute approximate surface area is 209 Å². The maximum Gasteiger partial charge on any atom is 0.326 e. The number of likely N-dealkylation sites (tertiary alicyclic amines) is 1. The Morgan fingerprint density at radius 2 is 1.58 bits per heavy atom. The van der Waals surface area contributed by atoms with Crippen LogP contribution in [0.25, 0.3) is 0 Å². The van der Waals surface area contributed by atoms with Crippen LogP contribution >= 0.6 is 0 Å². The number of nitrogens with zero attached hydrogens (tertiary/aromatic N) is 1. The lowest BCUT2D eigenvalue weighted by Crippen LogP contribution is -2.57. The van der Waals surface area contributed by atoms with E-state index in [1.807, 2.05) is 6.07 Å². The number of hydrogen-bond acceptors (Lipinski definition) is 6. The van der Waals surface area contributed by atoms with Gasteiger partial charge in [0.05, 0.1) is 6.04 Å². The van der Waals surface area contributed by atoms with Crippen LogP contribution < -0.4 is 16.4 Å². The van der Waals surface area contributed by atoms with Gasteiger partial charge in [-0.3, -0.25) is 14.4 Å². The lowest BCUT2D eigenvalue weighted by Gasteiger charge is -2.28. The van der Waals surface area contributed by atoms with E-state index in [1.165, 1.54) is 17.0 Å². The molecule has 10 nitrogen and oxygen atoms in total. The second-order valence-corrected chi connectivity index (χ2v) is 9.00. The molecule has 36 heavy (non-hydrogen) atoms. The van der Waals surface area contributed by atoms with Gasteiger partial charge in [0, 0.05) is 19.4 Å². The molecule has 2 aromatic carbocycles. The maximum absolute atomic E-state index is 13.3. The van der Waals surface area contributed by atoms with Gasteiger partial charge in [0.25, 0.3) is 0 Å². The molecule has 1 aliphatic heterocycles. The largest absolute Gasteiger partial charge is 0.508 e. The van der Waals surface area contributed by atoms with E-state index in [0.717, 1.165) is 5.56 Å². The summed E-state index contributed by atoms with van der Waals surface area (Å²) in [5.74, 6) is -2.67. The number of carboxylic acid groups (broad SMARTS) is 1. The summed E-state index contributed by atoms with van der Waals surface area (Å²) < 4.78 is 0. The summed E-state index contributed by atoms with van der Waals surface area (Å²) in [6.07, 6.45) is 1.19. The predicted molar refractivity (Wildman–Crippen MR) is 132 cm³/mol. The third-order valence-corrected chi connectivity index (χ3v) is 6.13. The van der Waals surface area contributed by atoms with E-state index in [2.05, 4.69) is 10.6 Å². The van der Waals surface area contributed by atoms with Crippen LogP contribution in [-0.4, -0.2) is 69.5 Å². The number of carboxylic acids is 1. The Bertz CT molecular complexity index is 1070. The maximum atomic E-state index is 13.3. The lowest BCUT2D eigenvalue weighted by atomic mass is 10.0. The fraction of sp³-hybridized carbons (Fsp3) is 0.385. The first-order valence-electron chi connectivity index (χ1n) is 11.9. The summed E-state index contributed by atoms with van der Waals surface area (Å²) in [7, 11) is 0. The zero-order chi connectivity index (χ0) is 26.2. The Hall–Kier alpha value is -3.92. The number of aliphatic carboxylic acids is 1. The number of benzene rings is 2. The number of aromatic hydroxyl groups is 1. The van der Waals surface area contributed by atoms with Crippen molar-refractivity contribution in [2.24, 2.45) is 5.73 Å². The molecular weight excluding hydrogens is 464 g/mol. The molecule has 0 spiro atoms. The second kappa shape index (κ2) is 12.2. The van der Waals surface area contributed by atoms with Crippen molar-refractivity contribution in [1.29, 1.82) is 0 Å². The topological polar surface area (TPSA) is 162 Å². The molecule has 3 rings (SSSR count). The molecule has 0 radical (unpaired) electrons. The van der Waals surface area contributed by atoms with E-state index in [0.29, 0.717) is 24.9 Å². The van der Waals surface area contributed by atoms with Crippen LogP contribution in [0.4, 0.5) is 0 Å².